The smallest absolute Gasteiger partial charge is 0.308 e. The van der Waals surface area contributed by atoms with Gasteiger partial charge < -0.3 is 28.5 Å². The molecule has 8 heteroatoms. The Balaban J connectivity index is 0.000000461. The van der Waals surface area contributed by atoms with Crippen LogP contribution in [0.3, 0.4) is 0 Å². The molecule has 0 fully saturated rings. The van der Waals surface area contributed by atoms with Crippen LogP contribution < -0.4 is 14.2 Å². The van der Waals surface area contributed by atoms with Gasteiger partial charge in [0.25, 0.3) is 0 Å². The quantitative estimate of drug-likeness (QED) is 0.137. The fourth-order valence-electron chi connectivity index (χ4n) is 3.69. The first-order valence-corrected chi connectivity index (χ1v) is 18.1. The van der Waals surface area contributed by atoms with E-state index in [1.54, 1.807) is 25.3 Å². The van der Waals surface area contributed by atoms with Crippen molar-refractivity contribution in [1.29, 1.82) is 0 Å². The Kier molecular flexibility index (Phi) is 14.4. The van der Waals surface area contributed by atoms with Gasteiger partial charge in [-0.25, -0.2) is 0 Å². The third-order valence-corrected chi connectivity index (χ3v) is 11.7. The number of hydrogen-bond acceptors (Lipinski definition) is 7. The maximum Gasteiger partial charge on any atom is 0.308 e. The van der Waals surface area contributed by atoms with Crippen LogP contribution in [-0.2, 0) is 27.0 Å². The van der Waals surface area contributed by atoms with E-state index in [1.165, 1.54) is 5.56 Å². The second-order valence-corrected chi connectivity index (χ2v) is 17.8. The standard InChI is InChI=1S/C25H36O6Si.C7H6O.C4H10/c1-18-15-21(28-5)22(31-24(27)19-11-9-8-10-12-19)16-20(18)13-14-23(26)29-17-30-32(6,7)25(2,3)4;1-2-6-4-7(3-1)8-5-6;1-4(2)3/h8-12,15-16,24,27H,13-14,17H2,1-7H3;1-4H,5H2;4H,1-3H3. The summed E-state index contributed by atoms with van der Waals surface area (Å²) in [4.78, 5) is 12.3. The number of ether oxygens (including phenoxy) is 4. The minimum Gasteiger partial charge on any atom is -0.493 e. The molecule has 1 atom stereocenters. The number of carbonyl (C=O) groups excluding carboxylic acids is 1. The molecular formula is C36H52O7Si. The zero-order valence-corrected chi connectivity index (χ0v) is 29.2. The monoisotopic (exact) mass is 624 g/mol. The van der Waals surface area contributed by atoms with Gasteiger partial charge in [0, 0.05) is 12.0 Å². The van der Waals surface area contributed by atoms with Crippen LogP contribution in [0.25, 0.3) is 0 Å². The van der Waals surface area contributed by atoms with Gasteiger partial charge >= 0.3 is 5.97 Å². The number of esters is 1. The highest BCUT2D eigenvalue weighted by Crippen LogP contribution is 2.37. The van der Waals surface area contributed by atoms with Gasteiger partial charge in [0.1, 0.15) is 12.4 Å². The first-order valence-electron chi connectivity index (χ1n) is 15.2. The van der Waals surface area contributed by atoms with Crippen molar-refractivity contribution >= 4 is 14.3 Å². The molecule has 242 valence electrons. The van der Waals surface area contributed by atoms with Crippen molar-refractivity contribution in [1.82, 2.24) is 0 Å². The molecule has 44 heavy (non-hydrogen) atoms. The van der Waals surface area contributed by atoms with Crippen molar-refractivity contribution in [2.75, 3.05) is 13.9 Å². The summed E-state index contributed by atoms with van der Waals surface area (Å²) >= 11 is 0. The summed E-state index contributed by atoms with van der Waals surface area (Å²) in [6, 6.07) is 20.9. The number of aliphatic hydroxyl groups is 1. The molecule has 7 nitrogen and oxygen atoms in total. The summed E-state index contributed by atoms with van der Waals surface area (Å²) in [6.45, 7) is 19.9. The van der Waals surface area contributed by atoms with Crippen LogP contribution in [0.5, 0.6) is 17.2 Å². The van der Waals surface area contributed by atoms with Gasteiger partial charge in [0.2, 0.25) is 6.29 Å². The minimum absolute atomic E-state index is 0.0193. The van der Waals surface area contributed by atoms with Crippen LogP contribution in [0.1, 0.15) is 76.5 Å². The Morgan fingerprint density at radius 2 is 1.64 bits per heavy atom. The highest BCUT2D eigenvalue weighted by molar-refractivity contribution is 6.74. The van der Waals surface area contributed by atoms with Gasteiger partial charge in [-0.3, -0.25) is 4.79 Å². The molecule has 1 unspecified atom stereocenters. The molecule has 0 aliphatic carbocycles. The zero-order chi connectivity index (χ0) is 32.9. The molecule has 4 rings (SSSR count). The van der Waals surface area contributed by atoms with Crippen LogP contribution >= 0.6 is 0 Å². The van der Waals surface area contributed by atoms with Gasteiger partial charge in [-0.2, -0.15) is 0 Å². The molecule has 1 aliphatic rings. The lowest BCUT2D eigenvalue weighted by Crippen LogP contribution is -2.41. The summed E-state index contributed by atoms with van der Waals surface area (Å²) in [5.41, 5.74) is 3.81. The summed E-state index contributed by atoms with van der Waals surface area (Å²) in [5.74, 6) is 2.46. The van der Waals surface area contributed by atoms with Crippen LogP contribution in [-0.4, -0.2) is 33.3 Å². The van der Waals surface area contributed by atoms with Gasteiger partial charge in [-0.1, -0.05) is 84.0 Å². The molecule has 3 aromatic carbocycles. The maximum absolute atomic E-state index is 12.3. The second-order valence-electron chi connectivity index (χ2n) is 13.0. The molecule has 1 N–H and O–H groups in total. The first-order chi connectivity index (χ1) is 20.6. The molecule has 1 aliphatic heterocycles. The van der Waals surface area contributed by atoms with E-state index in [1.807, 2.05) is 43.3 Å². The van der Waals surface area contributed by atoms with E-state index >= 15 is 0 Å². The number of carbonyl (C=O) groups is 1. The molecule has 0 spiro atoms. The van der Waals surface area contributed by atoms with E-state index in [-0.39, 0.29) is 24.2 Å². The molecule has 0 saturated carbocycles. The van der Waals surface area contributed by atoms with E-state index in [2.05, 4.69) is 66.8 Å². The SMILES string of the molecule is CC(C)C.COc1cc(C)c(CCC(=O)OCO[Si](C)(C)C(C)(C)C)cc1OC(O)c1ccccc1.c1cc2cc(c1)OC2. The van der Waals surface area contributed by atoms with Crippen LogP contribution in [0.4, 0.5) is 0 Å². The van der Waals surface area contributed by atoms with Gasteiger partial charge in [-0.05, 0) is 78.4 Å². The average molecular weight is 625 g/mol. The van der Waals surface area contributed by atoms with Gasteiger partial charge in [-0.15, -0.1) is 0 Å². The Bertz CT molecular complexity index is 1280. The second kappa shape index (κ2) is 17.2. The van der Waals surface area contributed by atoms with Gasteiger partial charge in [0.05, 0.1) is 7.11 Å². The fourth-order valence-corrected chi connectivity index (χ4v) is 4.48. The molecule has 0 aromatic heterocycles. The lowest BCUT2D eigenvalue weighted by atomic mass is 10.0. The average Bonchev–Trinajstić information content (AvgIpc) is 3.29. The predicted molar refractivity (Wildman–Crippen MR) is 179 cm³/mol. The molecule has 0 amide bonds. The number of hydrogen-bond donors (Lipinski definition) is 1. The molecule has 3 aromatic rings. The molecular weight excluding hydrogens is 572 g/mol. The largest absolute Gasteiger partial charge is 0.493 e. The first kappa shape index (κ1) is 36.9. The highest BCUT2D eigenvalue weighted by Gasteiger charge is 2.37. The lowest BCUT2D eigenvalue weighted by molar-refractivity contribution is -0.150. The van der Waals surface area contributed by atoms with Crippen LogP contribution in [0, 0.1) is 12.8 Å². The molecule has 1 heterocycles. The number of benzene rings is 3. The van der Waals surface area contributed by atoms with E-state index in [0.717, 1.165) is 29.4 Å². The van der Waals surface area contributed by atoms with Crippen molar-refractivity contribution in [3.8, 4) is 17.2 Å². The van der Waals surface area contributed by atoms with Crippen LogP contribution in [0.2, 0.25) is 18.1 Å². The number of aliphatic hydroxyl groups excluding tert-OH is 1. The van der Waals surface area contributed by atoms with Gasteiger partial charge in [0.15, 0.2) is 26.6 Å². The minimum atomic E-state index is -1.96. The predicted octanol–water partition coefficient (Wildman–Crippen LogP) is 8.77. The van der Waals surface area contributed by atoms with Crippen molar-refractivity contribution in [2.45, 2.75) is 92.3 Å². The summed E-state index contributed by atoms with van der Waals surface area (Å²) < 4.78 is 27.6. The summed E-state index contributed by atoms with van der Waals surface area (Å²) in [5, 5.41) is 10.5. The van der Waals surface area contributed by atoms with E-state index < -0.39 is 14.6 Å². The van der Waals surface area contributed by atoms with Crippen LogP contribution in [0.15, 0.2) is 66.7 Å². The topological polar surface area (TPSA) is 83.5 Å². The normalized spacial score (nSPS) is 12.6. The van der Waals surface area contributed by atoms with Crippen molar-refractivity contribution in [3.63, 3.8) is 0 Å². The zero-order valence-electron chi connectivity index (χ0n) is 28.2. The number of fused-ring (bicyclic) bond motifs is 2. The third kappa shape index (κ3) is 12.3. The number of rotatable bonds is 10. The van der Waals surface area contributed by atoms with E-state index in [4.69, 9.17) is 23.4 Å². The number of methoxy groups -OCH3 is 1. The van der Waals surface area contributed by atoms with Crippen molar-refractivity contribution < 1.29 is 33.3 Å². The molecule has 2 bridgehead atoms. The fraction of sp³-hybridized carbons (Fsp3) is 0.472. The third-order valence-electron chi connectivity index (χ3n) is 7.29. The summed E-state index contributed by atoms with van der Waals surface area (Å²) in [7, 11) is -0.409. The Labute approximate surface area is 265 Å². The Morgan fingerprint density at radius 3 is 2.20 bits per heavy atom. The maximum atomic E-state index is 12.3. The summed E-state index contributed by atoms with van der Waals surface area (Å²) in [6.07, 6.45) is -0.431. The Morgan fingerprint density at radius 1 is 0.977 bits per heavy atom. The van der Waals surface area contributed by atoms with Crippen molar-refractivity contribution in [2.24, 2.45) is 5.92 Å². The van der Waals surface area contributed by atoms with E-state index in [0.29, 0.717) is 23.5 Å². The molecule has 0 saturated heterocycles. The molecule has 0 radical (unpaired) electrons. The van der Waals surface area contributed by atoms with E-state index in [9.17, 15) is 9.90 Å². The highest BCUT2D eigenvalue weighted by atomic mass is 28.4. The Hall–Kier alpha value is -3.33. The lowest BCUT2D eigenvalue weighted by Gasteiger charge is -2.35. The van der Waals surface area contributed by atoms with Crippen molar-refractivity contribution in [3.05, 3.63) is 89.0 Å². The number of aryl methyl sites for hydroxylation is 2.